The number of hydrogen-bond donors (Lipinski definition) is 1. The minimum atomic E-state index is -0.0637. The van der Waals surface area contributed by atoms with Crippen LogP contribution in [0.15, 0.2) is 33.7 Å². The summed E-state index contributed by atoms with van der Waals surface area (Å²) in [6.45, 7) is 1.41. The summed E-state index contributed by atoms with van der Waals surface area (Å²) >= 11 is 3.50. The van der Waals surface area contributed by atoms with E-state index in [2.05, 4.69) is 25.9 Å². The van der Waals surface area contributed by atoms with Crippen LogP contribution in [0.25, 0.3) is 21.9 Å². The lowest BCUT2D eigenvalue weighted by Crippen LogP contribution is -2.27. The predicted octanol–water partition coefficient (Wildman–Crippen LogP) is 2.99. The SMILES string of the molecule is O=c1[nH]c2cnc3ccc(Br)cc3c2n1C1CCOCC1. The summed E-state index contributed by atoms with van der Waals surface area (Å²) in [5, 5.41) is 0.992. The summed E-state index contributed by atoms with van der Waals surface area (Å²) in [5.41, 5.74) is 2.56. The molecule has 0 spiro atoms. The molecule has 3 heterocycles. The van der Waals surface area contributed by atoms with E-state index in [1.54, 1.807) is 6.20 Å². The van der Waals surface area contributed by atoms with Gasteiger partial charge in [0.05, 0.1) is 22.7 Å². The first-order valence-electron chi connectivity index (χ1n) is 7.00. The Morgan fingerprint density at radius 3 is 2.95 bits per heavy atom. The molecular weight excluding hydrogens is 334 g/mol. The van der Waals surface area contributed by atoms with E-state index in [9.17, 15) is 4.79 Å². The molecule has 1 aromatic carbocycles. The number of halogens is 1. The van der Waals surface area contributed by atoms with E-state index in [4.69, 9.17) is 4.74 Å². The maximum atomic E-state index is 12.4. The van der Waals surface area contributed by atoms with Gasteiger partial charge in [0.1, 0.15) is 0 Å². The first kappa shape index (κ1) is 13.0. The van der Waals surface area contributed by atoms with Gasteiger partial charge in [-0.15, -0.1) is 0 Å². The van der Waals surface area contributed by atoms with Gasteiger partial charge in [0.2, 0.25) is 0 Å². The third-order valence-electron chi connectivity index (χ3n) is 4.06. The molecule has 1 aliphatic heterocycles. The van der Waals surface area contributed by atoms with E-state index in [-0.39, 0.29) is 11.7 Å². The minimum absolute atomic E-state index is 0.0637. The van der Waals surface area contributed by atoms with Crippen LogP contribution in [0.3, 0.4) is 0 Å². The lowest BCUT2D eigenvalue weighted by Gasteiger charge is -2.23. The van der Waals surface area contributed by atoms with Gasteiger partial charge in [-0.2, -0.15) is 0 Å². The molecule has 2 aromatic heterocycles. The number of nitrogens with zero attached hydrogens (tertiary/aromatic N) is 2. The van der Waals surface area contributed by atoms with Gasteiger partial charge in [-0.3, -0.25) is 9.55 Å². The van der Waals surface area contributed by atoms with Crippen LogP contribution >= 0.6 is 15.9 Å². The molecule has 4 rings (SSSR count). The Kier molecular flexibility index (Phi) is 3.08. The molecule has 6 heteroatoms. The average Bonchev–Trinajstić information content (AvgIpc) is 2.84. The molecule has 0 bridgehead atoms. The van der Waals surface area contributed by atoms with Gasteiger partial charge in [-0.05, 0) is 31.0 Å². The Labute approximate surface area is 129 Å². The summed E-state index contributed by atoms with van der Waals surface area (Å²) in [5.74, 6) is 0. The van der Waals surface area contributed by atoms with E-state index in [1.165, 1.54) is 0 Å². The Morgan fingerprint density at radius 2 is 2.14 bits per heavy atom. The van der Waals surface area contributed by atoms with Gasteiger partial charge in [0.25, 0.3) is 0 Å². The van der Waals surface area contributed by atoms with E-state index in [0.29, 0.717) is 13.2 Å². The molecule has 0 saturated carbocycles. The van der Waals surface area contributed by atoms with Crippen molar-refractivity contribution in [1.29, 1.82) is 0 Å². The molecule has 1 N–H and O–H groups in total. The molecular formula is C15H14BrN3O2. The maximum absolute atomic E-state index is 12.4. The molecule has 3 aromatic rings. The summed E-state index contributed by atoms with van der Waals surface area (Å²) < 4.78 is 8.28. The highest BCUT2D eigenvalue weighted by Crippen LogP contribution is 2.29. The van der Waals surface area contributed by atoms with Crippen LogP contribution in [0.4, 0.5) is 0 Å². The number of imidazole rings is 1. The highest BCUT2D eigenvalue weighted by molar-refractivity contribution is 9.10. The highest BCUT2D eigenvalue weighted by atomic mass is 79.9. The summed E-state index contributed by atoms with van der Waals surface area (Å²) in [6.07, 6.45) is 3.47. The normalized spacial score (nSPS) is 16.8. The van der Waals surface area contributed by atoms with Crippen LogP contribution in [0.5, 0.6) is 0 Å². The van der Waals surface area contributed by atoms with Gasteiger partial charge in [-0.25, -0.2) is 4.79 Å². The Morgan fingerprint density at radius 1 is 1.33 bits per heavy atom. The third-order valence-corrected chi connectivity index (χ3v) is 4.55. The largest absolute Gasteiger partial charge is 0.381 e. The summed E-state index contributed by atoms with van der Waals surface area (Å²) in [7, 11) is 0. The lowest BCUT2D eigenvalue weighted by atomic mass is 10.1. The van der Waals surface area contributed by atoms with E-state index in [1.807, 2.05) is 22.8 Å². The van der Waals surface area contributed by atoms with E-state index >= 15 is 0 Å². The number of nitrogens with one attached hydrogen (secondary N) is 1. The standard InChI is InChI=1S/C15H14BrN3O2/c16-9-1-2-12-11(7-9)14-13(8-17-12)18-15(20)19(14)10-3-5-21-6-4-10/h1-2,7-8,10H,3-6H2,(H,18,20). The monoisotopic (exact) mass is 347 g/mol. The van der Waals surface area contributed by atoms with Crippen LogP contribution in [-0.2, 0) is 4.74 Å². The van der Waals surface area contributed by atoms with Crippen LogP contribution in [0.1, 0.15) is 18.9 Å². The molecule has 0 aliphatic carbocycles. The Balaban J connectivity index is 2.06. The van der Waals surface area contributed by atoms with Crippen LogP contribution in [-0.4, -0.2) is 27.7 Å². The van der Waals surface area contributed by atoms with Crippen molar-refractivity contribution in [2.24, 2.45) is 0 Å². The quantitative estimate of drug-likeness (QED) is 0.736. The van der Waals surface area contributed by atoms with Crippen molar-refractivity contribution < 1.29 is 4.74 Å². The van der Waals surface area contributed by atoms with Crippen molar-refractivity contribution in [2.45, 2.75) is 18.9 Å². The van der Waals surface area contributed by atoms with Crippen molar-refractivity contribution in [1.82, 2.24) is 14.5 Å². The molecule has 0 atom stereocenters. The fourth-order valence-electron chi connectivity index (χ4n) is 3.07. The van der Waals surface area contributed by atoms with Gasteiger partial charge >= 0.3 is 5.69 Å². The number of pyridine rings is 1. The van der Waals surface area contributed by atoms with Crippen molar-refractivity contribution >= 4 is 37.9 Å². The maximum Gasteiger partial charge on any atom is 0.326 e. The molecule has 0 radical (unpaired) electrons. The topological polar surface area (TPSA) is 59.9 Å². The number of ether oxygens (including phenoxy) is 1. The predicted molar refractivity (Wildman–Crippen MR) is 84.6 cm³/mol. The number of aromatic amines is 1. The number of hydrogen-bond acceptors (Lipinski definition) is 3. The fourth-order valence-corrected chi connectivity index (χ4v) is 3.43. The van der Waals surface area contributed by atoms with Crippen molar-refractivity contribution in [2.75, 3.05) is 13.2 Å². The van der Waals surface area contributed by atoms with E-state index < -0.39 is 0 Å². The van der Waals surface area contributed by atoms with Crippen molar-refractivity contribution in [3.63, 3.8) is 0 Å². The molecule has 21 heavy (non-hydrogen) atoms. The van der Waals surface area contributed by atoms with Crippen molar-refractivity contribution in [3.05, 3.63) is 39.4 Å². The number of fused-ring (bicyclic) bond motifs is 3. The van der Waals surface area contributed by atoms with Gasteiger partial charge in [0, 0.05) is 29.1 Å². The van der Waals surface area contributed by atoms with Gasteiger partial charge < -0.3 is 9.72 Å². The first-order chi connectivity index (χ1) is 10.2. The molecule has 1 fully saturated rings. The zero-order chi connectivity index (χ0) is 14.4. The average molecular weight is 348 g/mol. The van der Waals surface area contributed by atoms with E-state index in [0.717, 1.165) is 39.3 Å². The molecule has 5 nitrogen and oxygen atoms in total. The van der Waals surface area contributed by atoms with Gasteiger partial charge in [0.15, 0.2) is 0 Å². The zero-order valence-electron chi connectivity index (χ0n) is 11.3. The Bertz CT molecular complexity index is 878. The second kappa shape index (κ2) is 4.96. The second-order valence-corrected chi connectivity index (χ2v) is 6.24. The molecule has 0 unspecified atom stereocenters. The second-order valence-electron chi connectivity index (χ2n) is 5.33. The number of aromatic nitrogens is 3. The van der Waals surface area contributed by atoms with Crippen LogP contribution < -0.4 is 5.69 Å². The number of H-pyrrole nitrogens is 1. The summed E-state index contributed by atoms with van der Waals surface area (Å²) in [4.78, 5) is 19.7. The van der Waals surface area contributed by atoms with Crippen molar-refractivity contribution in [3.8, 4) is 0 Å². The third kappa shape index (κ3) is 2.10. The molecule has 0 amide bonds. The number of benzene rings is 1. The molecule has 1 saturated heterocycles. The lowest BCUT2D eigenvalue weighted by molar-refractivity contribution is 0.0698. The fraction of sp³-hybridized carbons (Fsp3) is 0.333. The first-order valence-corrected chi connectivity index (χ1v) is 7.79. The Hall–Kier alpha value is -1.66. The molecule has 1 aliphatic rings. The smallest absolute Gasteiger partial charge is 0.326 e. The number of rotatable bonds is 1. The zero-order valence-corrected chi connectivity index (χ0v) is 12.9. The minimum Gasteiger partial charge on any atom is -0.381 e. The van der Waals surface area contributed by atoms with Crippen LogP contribution in [0.2, 0.25) is 0 Å². The molecule has 108 valence electrons. The highest BCUT2D eigenvalue weighted by Gasteiger charge is 2.21. The van der Waals surface area contributed by atoms with Gasteiger partial charge in [-0.1, -0.05) is 15.9 Å². The summed E-state index contributed by atoms with van der Waals surface area (Å²) in [6, 6.07) is 6.13. The van der Waals surface area contributed by atoms with Crippen LogP contribution in [0, 0.1) is 0 Å².